The van der Waals surface area contributed by atoms with Gasteiger partial charge in [0.2, 0.25) is 0 Å². The summed E-state index contributed by atoms with van der Waals surface area (Å²) in [6.45, 7) is 5.41. The Morgan fingerprint density at radius 2 is 1.88 bits per heavy atom. The predicted octanol–water partition coefficient (Wildman–Crippen LogP) is 2.50. The Hall–Kier alpha value is -1.35. The van der Waals surface area contributed by atoms with E-state index in [1.165, 1.54) is 5.56 Å². The third kappa shape index (κ3) is 3.07. The number of rotatable bonds is 4. The van der Waals surface area contributed by atoms with E-state index in [9.17, 15) is 4.79 Å². The van der Waals surface area contributed by atoms with Gasteiger partial charge < -0.3 is 10.8 Å². The predicted molar refractivity (Wildman–Crippen MR) is 64.1 cm³/mol. The van der Waals surface area contributed by atoms with E-state index >= 15 is 0 Å². The SMILES string of the molecule is Cc1ccc(C(N)CC(C)(C)C(=O)O)cc1. The van der Waals surface area contributed by atoms with Crippen LogP contribution in [-0.2, 0) is 4.79 Å². The van der Waals surface area contributed by atoms with Crippen LogP contribution in [0, 0.1) is 12.3 Å². The van der Waals surface area contributed by atoms with E-state index < -0.39 is 11.4 Å². The van der Waals surface area contributed by atoms with Crippen LogP contribution in [0.5, 0.6) is 0 Å². The van der Waals surface area contributed by atoms with Crippen LogP contribution in [0.15, 0.2) is 24.3 Å². The molecule has 0 aliphatic carbocycles. The maximum Gasteiger partial charge on any atom is 0.309 e. The summed E-state index contributed by atoms with van der Waals surface area (Å²) in [5.41, 5.74) is 7.38. The second-order valence-corrected chi connectivity index (χ2v) is 4.91. The maximum absolute atomic E-state index is 11.0. The molecule has 1 aromatic rings. The number of carboxylic acid groups (broad SMARTS) is 1. The maximum atomic E-state index is 11.0. The zero-order valence-corrected chi connectivity index (χ0v) is 10.0. The average Bonchev–Trinajstić information content (AvgIpc) is 2.17. The quantitative estimate of drug-likeness (QED) is 0.821. The van der Waals surface area contributed by atoms with Gasteiger partial charge in [-0.25, -0.2) is 0 Å². The molecule has 0 aliphatic heterocycles. The summed E-state index contributed by atoms with van der Waals surface area (Å²) in [5.74, 6) is -0.810. The van der Waals surface area contributed by atoms with Crippen LogP contribution < -0.4 is 5.73 Å². The molecule has 0 saturated carbocycles. The van der Waals surface area contributed by atoms with E-state index in [1.807, 2.05) is 31.2 Å². The Morgan fingerprint density at radius 3 is 2.31 bits per heavy atom. The second kappa shape index (κ2) is 4.66. The van der Waals surface area contributed by atoms with Gasteiger partial charge in [-0.3, -0.25) is 4.79 Å². The minimum Gasteiger partial charge on any atom is -0.481 e. The van der Waals surface area contributed by atoms with Crippen molar-refractivity contribution >= 4 is 5.97 Å². The van der Waals surface area contributed by atoms with Crippen molar-refractivity contribution in [2.75, 3.05) is 0 Å². The first-order valence-corrected chi connectivity index (χ1v) is 5.38. The van der Waals surface area contributed by atoms with Crippen molar-refractivity contribution in [3.63, 3.8) is 0 Å². The van der Waals surface area contributed by atoms with Crippen LogP contribution in [-0.4, -0.2) is 11.1 Å². The third-order valence-electron chi connectivity index (χ3n) is 2.81. The van der Waals surface area contributed by atoms with Gasteiger partial charge in [-0.1, -0.05) is 29.8 Å². The summed E-state index contributed by atoms with van der Waals surface area (Å²) in [4.78, 5) is 11.0. The van der Waals surface area contributed by atoms with Gasteiger partial charge in [0.15, 0.2) is 0 Å². The van der Waals surface area contributed by atoms with E-state index in [2.05, 4.69) is 0 Å². The molecule has 1 rings (SSSR count). The number of aryl methyl sites for hydroxylation is 1. The van der Waals surface area contributed by atoms with E-state index in [1.54, 1.807) is 13.8 Å². The van der Waals surface area contributed by atoms with Crippen LogP contribution in [0.25, 0.3) is 0 Å². The van der Waals surface area contributed by atoms with Gasteiger partial charge in [-0.15, -0.1) is 0 Å². The van der Waals surface area contributed by atoms with Gasteiger partial charge >= 0.3 is 5.97 Å². The Bertz CT molecular complexity index is 368. The molecule has 0 aliphatic rings. The van der Waals surface area contributed by atoms with Crippen LogP contribution in [0.3, 0.4) is 0 Å². The first kappa shape index (κ1) is 12.7. The molecular weight excluding hydrogens is 202 g/mol. The molecule has 0 saturated heterocycles. The molecule has 16 heavy (non-hydrogen) atoms. The minimum absolute atomic E-state index is 0.230. The van der Waals surface area contributed by atoms with Gasteiger partial charge in [0.1, 0.15) is 0 Å². The fraction of sp³-hybridized carbons (Fsp3) is 0.462. The lowest BCUT2D eigenvalue weighted by atomic mass is 9.84. The summed E-state index contributed by atoms with van der Waals surface area (Å²) in [6.07, 6.45) is 0.436. The van der Waals surface area contributed by atoms with Gasteiger partial charge in [-0.2, -0.15) is 0 Å². The number of carboxylic acids is 1. The van der Waals surface area contributed by atoms with Crippen molar-refractivity contribution in [2.45, 2.75) is 33.2 Å². The summed E-state index contributed by atoms with van der Waals surface area (Å²) in [6, 6.07) is 7.66. The molecule has 3 N–H and O–H groups in total. The summed E-state index contributed by atoms with van der Waals surface area (Å²) >= 11 is 0. The van der Waals surface area contributed by atoms with E-state index in [4.69, 9.17) is 10.8 Å². The molecule has 3 nitrogen and oxygen atoms in total. The van der Waals surface area contributed by atoms with Crippen molar-refractivity contribution in [3.05, 3.63) is 35.4 Å². The van der Waals surface area contributed by atoms with Crippen molar-refractivity contribution in [1.82, 2.24) is 0 Å². The molecule has 0 fully saturated rings. The Labute approximate surface area is 96.3 Å². The number of hydrogen-bond acceptors (Lipinski definition) is 2. The van der Waals surface area contributed by atoms with Crippen LogP contribution >= 0.6 is 0 Å². The number of carbonyl (C=O) groups is 1. The van der Waals surface area contributed by atoms with Gasteiger partial charge in [0, 0.05) is 6.04 Å². The molecule has 1 aromatic carbocycles. The molecule has 0 spiro atoms. The summed E-state index contributed by atoms with van der Waals surface area (Å²) < 4.78 is 0. The molecule has 0 aromatic heterocycles. The van der Waals surface area contributed by atoms with Crippen molar-refractivity contribution in [1.29, 1.82) is 0 Å². The van der Waals surface area contributed by atoms with Crippen LogP contribution in [0.4, 0.5) is 0 Å². The molecule has 0 radical (unpaired) electrons. The van der Waals surface area contributed by atoms with Gasteiger partial charge in [-0.05, 0) is 32.8 Å². The zero-order valence-electron chi connectivity index (χ0n) is 10.0. The normalized spacial score (nSPS) is 13.5. The molecule has 1 atom stereocenters. The van der Waals surface area contributed by atoms with Crippen molar-refractivity contribution in [3.8, 4) is 0 Å². The monoisotopic (exact) mass is 221 g/mol. The Kier molecular flexibility index (Phi) is 3.70. The number of nitrogens with two attached hydrogens (primary N) is 1. The first-order chi connectivity index (χ1) is 7.33. The van der Waals surface area contributed by atoms with E-state index in [0.29, 0.717) is 6.42 Å². The topological polar surface area (TPSA) is 63.3 Å². The van der Waals surface area contributed by atoms with E-state index in [0.717, 1.165) is 5.56 Å². The number of aliphatic carboxylic acids is 1. The third-order valence-corrected chi connectivity index (χ3v) is 2.81. The molecule has 1 unspecified atom stereocenters. The standard InChI is InChI=1S/C13H19NO2/c1-9-4-6-10(7-5-9)11(14)8-13(2,3)12(15)16/h4-7,11H,8,14H2,1-3H3,(H,15,16). The molecule has 0 heterocycles. The highest BCUT2D eigenvalue weighted by Gasteiger charge is 2.29. The van der Waals surface area contributed by atoms with Crippen LogP contribution in [0.2, 0.25) is 0 Å². The fourth-order valence-corrected chi connectivity index (χ4v) is 1.57. The molecule has 0 bridgehead atoms. The van der Waals surface area contributed by atoms with Gasteiger partial charge in [0.25, 0.3) is 0 Å². The molecule has 3 heteroatoms. The smallest absolute Gasteiger partial charge is 0.309 e. The zero-order chi connectivity index (χ0) is 12.3. The summed E-state index contributed by atoms with van der Waals surface area (Å²) in [5, 5.41) is 9.03. The molecular formula is C13H19NO2. The lowest BCUT2D eigenvalue weighted by molar-refractivity contribution is -0.147. The van der Waals surface area contributed by atoms with Gasteiger partial charge in [0.05, 0.1) is 5.41 Å². The summed E-state index contributed by atoms with van der Waals surface area (Å²) in [7, 11) is 0. The largest absolute Gasteiger partial charge is 0.481 e. The first-order valence-electron chi connectivity index (χ1n) is 5.38. The highest BCUT2D eigenvalue weighted by molar-refractivity contribution is 5.73. The minimum atomic E-state index is -0.810. The Balaban J connectivity index is 2.76. The average molecular weight is 221 g/mol. The van der Waals surface area contributed by atoms with Crippen molar-refractivity contribution < 1.29 is 9.90 Å². The van der Waals surface area contributed by atoms with Crippen molar-refractivity contribution in [2.24, 2.45) is 11.1 Å². The lowest BCUT2D eigenvalue weighted by Gasteiger charge is -2.23. The lowest BCUT2D eigenvalue weighted by Crippen LogP contribution is -2.28. The Morgan fingerprint density at radius 1 is 1.38 bits per heavy atom. The fourth-order valence-electron chi connectivity index (χ4n) is 1.57. The number of hydrogen-bond donors (Lipinski definition) is 2. The van der Waals surface area contributed by atoms with Crippen LogP contribution in [0.1, 0.15) is 37.4 Å². The second-order valence-electron chi connectivity index (χ2n) is 4.91. The molecule has 88 valence electrons. The highest BCUT2D eigenvalue weighted by Crippen LogP contribution is 2.28. The molecule has 0 amide bonds. The highest BCUT2D eigenvalue weighted by atomic mass is 16.4. The number of benzene rings is 1. The van der Waals surface area contributed by atoms with E-state index in [-0.39, 0.29) is 6.04 Å².